The molecule has 0 radical (unpaired) electrons. The molecule has 0 aromatic heterocycles. The molecule has 0 amide bonds. The summed E-state index contributed by atoms with van der Waals surface area (Å²) in [5.74, 6) is -1.13. The smallest absolute Gasteiger partial charge is 0.331 e. The van der Waals surface area contributed by atoms with E-state index in [0.717, 1.165) is 12.2 Å². The second-order valence-corrected chi connectivity index (χ2v) is 4.45. The third kappa shape index (κ3) is 6.19. The lowest BCUT2D eigenvalue weighted by Gasteiger charge is -2.17. The number of carbonyl (C=O) groups excluding carboxylic acids is 2. The van der Waals surface area contributed by atoms with E-state index in [1.807, 2.05) is 0 Å². The summed E-state index contributed by atoms with van der Waals surface area (Å²) in [7, 11) is 0. The zero-order valence-electron chi connectivity index (χ0n) is 9.69. The number of carbonyl (C=O) groups is 2. The summed E-state index contributed by atoms with van der Waals surface area (Å²) in [4.78, 5) is 22.2. The minimum Gasteiger partial charge on any atom is -0.460 e. The normalized spacial score (nSPS) is 19.6. The van der Waals surface area contributed by atoms with Crippen molar-refractivity contribution >= 4 is 11.9 Å². The van der Waals surface area contributed by atoms with E-state index >= 15 is 0 Å². The lowest BCUT2D eigenvalue weighted by Crippen LogP contribution is -2.22. The van der Waals surface area contributed by atoms with Crippen LogP contribution in [0.15, 0.2) is 12.2 Å². The van der Waals surface area contributed by atoms with Crippen molar-refractivity contribution in [3.63, 3.8) is 0 Å². The number of rotatable bonds is 4. The molecule has 1 aliphatic heterocycles. The molecule has 1 atom stereocenters. The van der Waals surface area contributed by atoms with Crippen molar-refractivity contribution < 1.29 is 23.8 Å². The second kappa shape index (κ2) is 5.12. The Balaban J connectivity index is 2.22. The van der Waals surface area contributed by atoms with E-state index in [-0.39, 0.29) is 12.7 Å². The molecular weight excluding hydrogens is 212 g/mol. The zero-order chi connectivity index (χ0) is 12.2. The van der Waals surface area contributed by atoms with Crippen LogP contribution in [0.1, 0.15) is 20.8 Å². The van der Waals surface area contributed by atoms with Crippen molar-refractivity contribution in [3.8, 4) is 0 Å². The summed E-state index contributed by atoms with van der Waals surface area (Å²) in [5.41, 5.74) is -0.562. The number of epoxide rings is 1. The molecular formula is C11H16O5. The van der Waals surface area contributed by atoms with E-state index in [9.17, 15) is 9.59 Å². The number of esters is 2. The van der Waals surface area contributed by atoms with Crippen molar-refractivity contribution in [1.82, 2.24) is 0 Å². The Kier molecular flexibility index (Phi) is 4.06. The number of ether oxygens (including phenoxy) is 3. The summed E-state index contributed by atoms with van der Waals surface area (Å²) < 4.78 is 14.6. The molecule has 0 saturated carbocycles. The highest BCUT2D eigenvalue weighted by Gasteiger charge is 2.23. The first-order chi connectivity index (χ1) is 7.37. The fourth-order valence-electron chi connectivity index (χ4n) is 0.859. The van der Waals surface area contributed by atoms with Crippen molar-refractivity contribution in [2.24, 2.45) is 0 Å². The summed E-state index contributed by atoms with van der Waals surface area (Å²) in [6, 6.07) is 0. The van der Waals surface area contributed by atoms with Gasteiger partial charge < -0.3 is 14.2 Å². The van der Waals surface area contributed by atoms with E-state index in [2.05, 4.69) is 0 Å². The Hall–Kier alpha value is -1.36. The Labute approximate surface area is 94.4 Å². The number of hydrogen-bond donors (Lipinski definition) is 0. The van der Waals surface area contributed by atoms with Crippen LogP contribution in [0.2, 0.25) is 0 Å². The predicted molar refractivity (Wildman–Crippen MR) is 55.7 cm³/mol. The fraction of sp³-hybridized carbons (Fsp3) is 0.636. The Bertz CT molecular complexity index is 296. The van der Waals surface area contributed by atoms with Gasteiger partial charge in [0.25, 0.3) is 0 Å². The average Bonchev–Trinajstić information content (AvgIpc) is 2.92. The molecule has 16 heavy (non-hydrogen) atoms. The van der Waals surface area contributed by atoms with Gasteiger partial charge in [-0.1, -0.05) is 0 Å². The van der Waals surface area contributed by atoms with Crippen LogP contribution >= 0.6 is 0 Å². The summed E-state index contributed by atoms with van der Waals surface area (Å²) in [6.07, 6.45) is 2.14. The van der Waals surface area contributed by atoms with Crippen LogP contribution in [0.5, 0.6) is 0 Å². The molecule has 1 fully saturated rings. The van der Waals surface area contributed by atoms with Gasteiger partial charge in [-0.3, -0.25) is 0 Å². The monoisotopic (exact) mass is 228 g/mol. The third-order valence-corrected chi connectivity index (χ3v) is 1.58. The van der Waals surface area contributed by atoms with Crippen molar-refractivity contribution in [2.45, 2.75) is 32.5 Å². The van der Waals surface area contributed by atoms with Crippen LogP contribution in [-0.4, -0.2) is 36.9 Å². The molecule has 0 N–H and O–H groups in total. The maximum absolute atomic E-state index is 11.2. The van der Waals surface area contributed by atoms with Gasteiger partial charge in [-0.25, -0.2) is 9.59 Å². The van der Waals surface area contributed by atoms with E-state index in [4.69, 9.17) is 14.2 Å². The van der Waals surface area contributed by atoms with Gasteiger partial charge in [0.2, 0.25) is 0 Å². The maximum Gasteiger partial charge on any atom is 0.331 e. The Morgan fingerprint density at radius 3 is 2.38 bits per heavy atom. The predicted octanol–water partition coefficient (Wildman–Crippen LogP) is 0.826. The largest absolute Gasteiger partial charge is 0.460 e. The second-order valence-electron chi connectivity index (χ2n) is 4.45. The van der Waals surface area contributed by atoms with E-state index in [1.54, 1.807) is 20.8 Å². The molecule has 5 heteroatoms. The maximum atomic E-state index is 11.2. The first kappa shape index (κ1) is 12.7. The van der Waals surface area contributed by atoms with E-state index in [0.29, 0.717) is 6.61 Å². The quantitative estimate of drug-likeness (QED) is 0.405. The first-order valence-electron chi connectivity index (χ1n) is 5.06. The van der Waals surface area contributed by atoms with Crippen LogP contribution in [0, 0.1) is 0 Å². The van der Waals surface area contributed by atoms with Gasteiger partial charge in [0, 0.05) is 12.2 Å². The van der Waals surface area contributed by atoms with Gasteiger partial charge in [-0.2, -0.15) is 0 Å². The zero-order valence-corrected chi connectivity index (χ0v) is 9.69. The lowest BCUT2D eigenvalue weighted by atomic mass is 10.2. The highest BCUT2D eigenvalue weighted by atomic mass is 16.6. The van der Waals surface area contributed by atoms with Crippen LogP contribution in [0.3, 0.4) is 0 Å². The van der Waals surface area contributed by atoms with Crippen LogP contribution in [-0.2, 0) is 23.8 Å². The third-order valence-electron chi connectivity index (χ3n) is 1.58. The first-order valence-corrected chi connectivity index (χ1v) is 5.06. The lowest BCUT2D eigenvalue weighted by molar-refractivity contribution is -0.149. The summed E-state index contributed by atoms with van der Waals surface area (Å²) >= 11 is 0. The molecule has 1 aliphatic rings. The number of hydrogen-bond acceptors (Lipinski definition) is 5. The van der Waals surface area contributed by atoms with E-state index in [1.165, 1.54) is 0 Å². The van der Waals surface area contributed by atoms with Crippen LogP contribution in [0.25, 0.3) is 0 Å². The molecule has 0 aromatic rings. The molecule has 0 aliphatic carbocycles. The summed E-state index contributed by atoms with van der Waals surface area (Å²) in [5, 5.41) is 0. The highest BCUT2D eigenvalue weighted by molar-refractivity contribution is 5.91. The molecule has 1 heterocycles. The molecule has 0 bridgehead atoms. The van der Waals surface area contributed by atoms with Gasteiger partial charge in [0.05, 0.1) is 6.61 Å². The van der Waals surface area contributed by atoms with Gasteiger partial charge in [0.1, 0.15) is 18.3 Å². The fourth-order valence-corrected chi connectivity index (χ4v) is 0.859. The van der Waals surface area contributed by atoms with Crippen molar-refractivity contribution in [2.75, 3.05) is 13.2 Å². The van der Waals surface area contributed by atoms with Crippen molar-refractivity contribution in [3.05, 3.63) is 12.2 Å². The van der Waals surface area contributed by atoms with Crippen LogP contribution in [0.4, 0.5) is 0 Å². The van der Waals surface area contributed by atoms with Gasteiger partial charge in [-0.05, 0) is 20.8 Å². The Morgan fingerprint density at radius 2 is 1.88 bits per heavy atom. The minimum atomic E-state index is -0.568. The Morgan fingerprint density at radius 1 is 1.31 bits per heavy atom. The van der Waals surface area contributed by atoms with Crippen LogP contribution < -0.4 is 0 Å². The molecule has 1 saturated heterocycles. The molecule has 0 spiro atoms. The minimum absolute atomic E-state index is 0.0267. The van der Waals surface area contributed by atoms with Crippen molar-refractivity contribution in [1.29, 1.82) is 0 Å². The average molecular weight is 228 g/mol. The topological polar surface area (TPSA) is 65.1 Å². The summed E-state index contributed by atoms with van der Waals surface area (Å²) in [6.45, 7) is 6.12. The molecule has 1 rings (SSSR count). The van der Waals surface area contributed by atoms with E-state index < -0.39 is 17.5 Å². The molecule has 90 valence electrons. The molecule has 0 aromatic carbocycles. The van der Waals surface area contributed by atoms with Gasteiger partial charge >= 0.3 is 11.9 Å². The SMILES string of the molecule is CC(C)(C)OC(=O)C=CC(=O)OCC1CO1. The standard InChI is InChI=1S/C11H16O5/c1-11(2,3)16-10(13)5-4-9(12)15-7-8-6-14-8/h4-5,8H,6-7H2,1-3H3. The molecule has 1 unspecified atom stereocenters. The van der Waals surface area contributed by atoms with Gasteiger partial charge in [-0.15, -0.1) is 0 Å². The van der Waals surface area contributed by atoms with Gasteiger partial charge in [0.15, 0.2) is 0 Å². The molecule has 5 nitrogen and oxygen atoms in total. The highest BCUT2D eigenvalue weighted by Crippen LogP contribution is 2.09.